The summed E-state index contributed by atoms with van der Waals surface area (Å²) in [5.41, 5.74) is 1.25. The highest BCUT2D eigenvalue weighted by Gasteiger charge is 2.39. The average molecular weight is 461 g/mol. The first-order chi connectivity index (χ1) is 15.4. The van der Waals surface area contributed by atoms with Crippen LogP contribution in [0.15, 0.2) is 47.4 Å². The first-order valence-electron chi connectivity index (χ1n) is 10.7. The number of Topliss-reactive ketones (excluding diaryl/α,β-unsaturated/α-hetero) is 1. The Morgan fingerprint density at radius 2 is 1.88 bits per heavy atom. The van der Waals surface area contributed by atoms with Crippen LogP contribution in [0.25, 0.3) is 0 Å². The Bertz CT molecular complexity index is 1130. The molecule has 1 fully saturated rings. The summed E-state index contributed by atoms with van der Waals surface area (Å²) in [4.78, 5) is 26.7. The second kappa shape index (κ2) is 8.99. The number of carbonyl (C=O) groups is 2. The topological polar surface area (TPSA) is 84.0 Å². The maximum absolute atomic E-state index is 13.2. The normalized spacial score (nSPS) is 18.9. The number of halogens is 1. The number of alkyl halides is 1. The summed E-state index contributed by atoms with van der Waals surface area (Å²) in [6.07, 6.45) is 2.36. The molecule has 0 aromatic heterocycles. The van der Waals surface area contributed by atoms with Gasteiger partial charge in [0.05, 0.1) is 22.7 Å². The fourth-order valence-electron chi connectivity index (χ4n) is 4.30. The quantitative estimate of drug-likeness (QED) is 0.565. The van der Waals surface area contributed by atoms with E-state index in [4.69, 9.17) is 4.74 Å². The Balaban J connectivity index is 1.59. The van der Waals surface area contributed by atoms with Crippen molar-refractivity contribution in [2.24, 2.45) is 0 Å². The number of ether oxygens (including phenoxy) is 1. The van der Waals surface area contributed by atoms with Gasteiger partial charge in [-0.05, 0) is 55.2 Å². The Morgan fingerprint density at radius 1 is 1.12 bits per heavy atom. The van der Waals surface area contributed by atoms with Crippen LogP contribution in [0.3, 0.4) is 0 Å². The van der Waals surface area contributed by atoms with Gasteiger partial charge in [-0.25, -0.2) is 12.8 Å². The van der Waals surface area contributed by atoms with Crippen LogP contribution in [-0.4, -0.2) is 50.3 Å². The second-order valence-electron chi connectivity index (χ2n) is 7.90. The zero-order chi connectivity index (χ0) is 22.9. The zero-order valence-electron chi connectivity index (χ0n) is 17.8. The Morgan fingerprint density at radius 3 is 2.56 bits per heavy atom. The number of anilines is 1. The first-order valence-corrected chi connectivity index (χ1v) is 12.1. The molecule has 32 heavy (non-hydrogen) atoms. The molecule has 0 bridgehead atoms. The highest BCUT2D eigenvalue weighted by molar-refractivity contribution is 7.89. The molecule has 0 N–H and O–H groups in total. The van der Waals surface area contributed by atoms with Crippen LogP contribution in [0.4, 0.5) is 10.1 Å². The maximum atomic E-state index is 13.2. The molecule has 0 aliphatic carbocycles. The number of ketones is 1. The molecule has 2 aliphatic heterocycles. The van der Waals surface area contributed by atoms with Gasteiger partial charge in [-0.3, -0.25) is 9.59 Å². The summed E-state index contributed by atoms with van der Waals surface area (Å²) >= 11 is 0. The van der Waals surface area contributed by atoms with Crippen molar-refractivity contribution in [2.75, 3.05) is 24.7 Å². The summed E-state index contributed by atoms with van der Waals surface area (Å²) < 4.78 is 45.2. The summed E-state index contributed by atoms with van der Waals surface area (Å²) in [6, 6.07) is 11.1. The van der Waals surface area contributed by atoms with Crippen molar-refractivity contribution in [3.05, 3.63) is 53.6 Å². The number of rotatable bonds is 8. The lowest BCUT2D eigenvalue weighted by molar-refractivity contribution is -0.114. The third-order valence-electron chi connectivity index (χ3n) is 5.95. The predicted molar refractivity (Wildman–Crippen MR) is 117 cm³/mol. The van der Waals surface area contributed by atoms with Gasteiger partial charge in [0.25, 0.3) is 11.7 Å². The highest BCUT2D eigenvalue weighted by atomic mass is 32.2. The van der Waals surface area contributed by atoms with Crippen molar-refractivity contribution >= 4 is 27.4 Å². The summed E-state index contributed by atoms with van der Waals surface area (Å²) in [5, 5.41) is 0. The molecule has 170 valence electrons. The van der Waals surface area contributed by atoms with Crippen molar-refractivity contribution in [3.63, 3.8) is 0 Å². The number of nitrogens with zero attached hydrogens (tertiary/aromatic N) is 2. The molecule has 2 aliphatic rings. The van der Waals surface area contributed by atoms with Gasteiger partial charge >= 0.3 is 0 Å². The molecule has 9 heteroatoms. The molecule has 0 spiro atoms. The monoisotopic (exact) mass is 460 g/mol. The fourth-order valence-corrected chi connectivity index (χ4v) is 6.09. The van der Waals surface area contributed by atoms with E-state index >= 15 is 0 Å². The average Bonchev–Trinajstić information content (AvgIpc) is 3.38. The van der Waals surface area contributed by atoms with Crippen LogP contribution in [-0.2, 0) is 21.4 Å². The van der Waals surface area contributed by atoms with Crippen LogP contribution >= 0.6 is 0 Å². The van der Waals surface area contributed by atoms with Gasteiger partial charge in [-0.15, -0.1) is 0 Å². The molecule has 0 saturated carbocycles. The Labute approximate surface area is 186 Å². The maximum Gasteiger partial charge on any atom is 0.299 e. The molecule has 1 atom stereocenters. The molecule has 1 saturated heterocycles. The van der Waals surface area contributed by atoms with Crippen molar-refractivity contribution in [2.45, 2.75) is 43.7 Å². The molecule has 4 rings (SSSR count). The lowest BCUT2D eigenvalue weighted by atomic mass is 10.1. The molecular weight excluding hydrogens is 435 g/mol. The number of fused-ring (bicyclic) bond motifs is 1. The van der Waals surface area contributed by atoms with E-state index in [0.717, 1.165) is 24.8 Å². The van der Waals surface area contributed by atoms with E-state index in [1.807, 2.05) is 6.92 Å². The number of carbonyl (C=O) groups excluding carboxylic acids is 2. The number of hydrogen-bond acceptors (Lipinski definition) is 5. The molecule has 2 heterocycles. The minimum absolute atomic E-state index is 0.0342. The largest absolute Gasteiger partial charge is 0.491 e. The SMILES string of the molecule is CC[C@@H]1CCCN1S(=O)(=O)c1ccc2c(c1)C(=O)C(=O)N2Cc1ccc(OCCF)cc1. The van der Waals surface area contributed by atoms with Crippen LogP contribution in [0.5, 0.6) is 5.75 Å². The van der Waals surface area contributed by atoms with E-state index < -0.39 is 28.4 Å². The fraction of sp³-hybridized carbons (Fsp3) is 0.391. The molecule has 0 radical (unpaired) electrons. The van der Waals surface area contributed by atoms with Crippen LogP contribution in [0.2, 0.25) is 0 Å². The van der Waals surface area contributed by atoms with Crippen molar-refractivity contribution < 1.29 is 27.1 Å². The van der Waals surface area contributed by atoms with E-state index in [0.29, 0.717) is 18.0 Å². The smallest absolute Gasteiger partial charge is 0.299 e. The van der Waals surface area contributed by atoms with Gasteiger partial charge in [0.2, 0.25) is 10.0 Å². The van der Waals surface area contributed by atoms with Crippen LogP contribution < -0.4 is 9.64 Å². The third kappa shape index (κ3) is 4.02. The van der Waals surface area contributed by atoms with Gasteiger partial charge in [0, 0.05) is 12.6 Å². The van der Waals surface area contributed by atoms with Crippen molar-refractivity contribution in [1.82, 2.24) is 4.31 Å². The van der Waals surface area contributed by atoms with Crippen LogP contribution in [0, 0.1) is 0 Å². The third-order valence-corrected chi connectivity index (χ3v) is 7.90. The van der Waals surface area contributed by atoms with Gasteiger partial charge in [0.1, 0.15) is 19.0 Å². The standard InChI is InChI=1S/C23H25FN2O5S/c1-2-17-4-3-12-26(17)32(29,30)19-9-10-21-20(14-19)22(27)23(28)25(21)15-16-5-7-18(8-6-16)31-13-11-24/h5-10,14,17H,2-4,11-13,15H2,1H3/t17-/m1/s1. The summed E-state index contributed by atoms with van der Waals surface area (Å²) in [5.74, 6) is -0.897. The van der Waals surface area contributed by atoms with Crippen molar-refractivity contribution in [3.8, 4) is 5.75 Å². The van der Waals surface area contributed by atoms with Gasteiger partial charge < -0.3 is 9.64 Å². The van der Waals surface area contributed by atoms with Crippen LogP contribution in [0.1, 0.15) is 42.1 Å². The molecule has 7 nitrogen and oxygen atoms in total. The van der Waals surface area contributed by atoms with E-state index in [1.54, 1.807) is 24.3 Å². The zero-order valence-corrected chi connectivity index (χ0v) is 18.6. The highest BCUT2D eigenvalue weighted by Crippen LogP contribution is 2.35. The van der Waals surface area contributed by atoms with E-state index in [1.165, 1.54) is 27.4 Å². The minimum atomic E-state index is -3.74. The lowest BCUT2D eigenvalue weighted by Gasteiger charge is -2.23. The first kappa shape index (κ1) is 22.4. The Kier molecular flexibility index (Phi) is 6.30. The molecule has 0 unspecified atom stereocenters. The van der Waals surface area contributed by atoms with Gasteiger partial charge in [-0.1, -0.05) is 19.1 Å². The lowest BCUT2D eigenvalue weighted by Crippen LogP contribution is -2.35. The van der Waals surface area contributed by atoms with E-state index in [-0.39, 0.29) is 29.7 Å². The van der Waals surface area contributed by atoms with Gasteiger partial charge in [0.15, 0.2) is 0 Å². The predicted octanol–water partition coefficient (Wildman–Crippen LogP) is 3.33. The number of benzene rings is 2. The van der Waals surface area contributed by atoms with Crippen molar-refractivity contribution in [1.29, 1.82) is 0 Å². The van der Waals surface area contributed by atoms with E-state index in [2.05, 4.69) is 0 Å². The number of hydrogen-bond donors (Lipinski definition) is 0. The number of sulfonamides is 1. The summed E-state index contributed by atoms with van der Waals surface area (Å²) in [7, 11) is -3.74. The summed E-state index contributed by atoms with van der Waals surface area (Å²) in [6.45, 7) is 1.95. The van der Waals surface area contributed by atoms with Gasteiger partial charge in [-0.2, -0.15) is 4.31 Å². The molecular formula is C23H25FN2O5S. The second-order valence-corrected chi connectivity index (χ2v) is 9.79. The number of amides is 1. The minimum Gasteiger partial charge on any atom is -0.491 e. The molecule has 2 aromatic rings. The van der Waals surface area contributed by atoms with E-state index in [9.17, 15) is 22.4 Å². The molecule has 2 aromatic carbocycles. The Hall–Kier alpha value is -2.78. The molecule has 1 amide bonds.